The lowest BCUT2D eigenvalue weighted by atomic mass is 10.0. The van der Waals surface area contributed by atoms with Gasteiger partial charge in [-0.2, -0.15) is 0 Å². The molecule has 0 saturated carbocycles. The highest BCUT2D eigenvalue weighted by atomic mass is 35.5. The molecule has 0 radical (unpaired) electrons. The van der Waals surface area contributed by atoms with Gasteiger partial charge in [-0.15, -0.1) is 0 Å². The SMILES string of the molecule is COc1cc(F)c(-c2ccc(Cl)c(CN)c2)c(F)c1. The number of nitrogens with two attached hydrogens (primary N) is 1. The summed E-state index contributed by atoms with van der Waals surface area (Å²) in [6.45, 7) is 0.200. The summed E-state index contributed by atoms with van der Waals surface area (Å²) in [6, 6.07) is 6.97. The average molecular weight is 284 g/mol. The fourth-order valence-corrected chi connectivity index (χ4v) is 2.02. The maximum absolute atomic E-state index is 13.9. The first-order valence-electron chi connectivity index (χ1n) is 5.58. The van der Waals surface area contributed by atoms with Gasteiger partial charge in [-0.1, -0.05) is 17.7 Å². The zero-order valence-corrected chi connectivity index (χ0v) is 11.0. The van der Waals surface area contributed by atoms with Gasteiger partial charge in [0.25, 0.3) is 0 Å². The van der Waals surface area contributed by atoms with E-state index < -0.39 is 11.6 Å². The van der Waals surface area contributed by atoms with E-state index in [0.29, 0.717) is 16.1 Å². The van der Waals surface area contributed by atoms with Crippen LogP contribution in [0.5, 0.6) is 5.75 Å². The van der Waals surface area contributed by atoms with E-state index in [1.54, 1.807) is 18.2 Å². The van der Waals surface area contributed by atoms with E-state index in [2.05, 4.69) is 0 Å². The van der Waals surface area contributed by atoms with E-state index in [9.17, 15) is 8.78 Å². The smallest absolute Gasteiger partial charge is 0.137 e. The quantitative estimate of drug-likeness (QED) is 0.931. The predicted molar refractivity (Wildman–Crippen MR) is 71.2 cm³/mol. The highest BCUT2D eigenvalue weighted by Gasteiger charge is 2.14. The first-order valence-corrected chi connectivity index (χ1v) is 5.96. The molecule has 19 heavy (non-hydrogen) atoms. The average Bonchev–Trinajstić information content (AvgIpc) is 2.39. The van der Waals surface area contributed by atoms with Crippen LogP contribution in [0.4, 0.5) is 8.78 Å². The molecule has 2 nitrogen and oxygen atoms in total. The molecule has 0 amide bonds. The number of hydrogen-bond acceptors (Lipinski definition) is 2. The summed E-state index contributed by atoms with van der Waals surface area (Å²) in [6.07, 6.45) is 0. The second-order valence-corrected chi connectivity index (χ2v) is 4.38. The topological polar surface area (TPSA) is 35.2 Å². The molecule has 2 aromatic carbocycles. The van der Waals surface area contributed by atoms with Crippen LogP contribution >= 0.6 is 11.6 Å². The van der Waals surface area contributed by atoms with E-state index in [0.717, 1.165) is 12.1 Å². The van der Waals surface area contributed by atoms with Crippen LogP contribution in [0, 0.1) is 11.6 Å². The van der Waals surface area contributed by atoms with Gasteiger partial charge in [-0.05, 0) is 23.3 Å². The van der Waals surface area contributed by atoms with Crippen LogP contribution in [0.15, 0.2) is 30.3 Å². The lowest BCUT2D eigenvalue weighted by Gasteiger charge is -2.10. The van der Waals surface area contributed by atoms with Crippen LogP contribution in [0.1, 0.15) is 5.56 Å². The highest BCUT2D eigenvalue weighted by molar-refractivity contribution is 6.31. The minimum absolute atomic E-state index is 0.118. The van der Waals surface area contributed by atoms with E-state index in [1.165, 1.54) is 7.11 Å². The first-order chi connectivity index (χ1) is 9.06. The van der Waals surface area contributed by atoms with E-state index in [4.69, 9.17) is 22.1 Å². The Labute approximate surface area is 114 Å². The van der Waals surface area contributed by atoms with Crippen LogP contribution in [0.25, 0.3) is 11.1 Å². The summed E-state index contributed by atoms with van der Waals surface area (Å²) in [7, 11) is 1.35. The molecule has 0 heterocycles. The third kappa shape index (κ3) is 2.69. The lowest BCUT2D eigenvalue weighted by molar-refractivity contribution is 0.407. The molecule has 0 atom stereocenters. The first kappa shape index (κ1) is 13.8. The van der Waals surface area contributed by atoms with Gasteiger partial charge >= 0.3 is 0 Å². The number of benzene rings is 2. The fraction of sp³-hybridized carbons (Fsp3) is 0.143. The van der Waals surface area contributed by atoms with Crippen molar-refractivity contribution in [1.29, 1.82) is 0 Å². The third-order valence-corrected chi connectivity index (χ3v) is 3.17. The van der Waals surface area contributed by atoms with E-state index in [1.807, 2.05) is 0 Å². The van der Waals surface area contributed by atoms with Crippen LogP contribution in [-0.4, -0.2) is 7.11 Å². The normalized spacial score (nSPS) is 10.6. The van der Waals surface area contributed by atoms with Gasteiger partial charge in [0.1, 0.15) is 17.4 Å². The maximum Gasteiger partial charge on any atom is 0.137 e. The Bertz CT molecular complexity index is 593. The molecule has 2 N–H and O–H groups in total. The number of methoxy groups -OCH3 is 1. The second kappa shape index (κ2) is 5.55. The zero-order chi connectivity index (χ0) is 14.0. The van der Waals surface area contributed by atoms with Gasteiger partial charge < -0.3 is 10.5 Å². The molecule has 2 aromatic rings. The molecule has 0 fully saturated rings. The lowest BCUT2D eigenvalue weighted by Crippen LogP contribution is -1.99. The van der Waals surface area contributed by atoms with Crippen molar-refractivity contribution in [3.8, 4) is 16.9 Å². The molecular formula is C14H12ClF2NO. The Kier molecular flexibility index (Phi) is 4.02. The van der Waals surface area contributed by atoms with Crippen molar-refractivity contribution in [2.24, 2.45) is 5.73 Å². The molecule has 0 aliphatic carbocycles. The summed E-state index contributed by atoms with van der Waals surface area (Å²) in [5.41, 5.74) is 6.43. The van der Waals surface area contributed by atoms with Gasteiger partial charge in [-0.3, -0.25) is 0 Å². The highest BCUT2D eigenvalue weighted by Crippen LogP contribution is 2.31. The van der Waals surface area contributed by atoms with Crippen molar-refractivity contribution >= 4 is 11.6 Å². The molecular weight excluding hydrogens is 272 g/mol. The minimum Gasteiger partial charge on any atom is -0.497 e. The fourth-order valence-electron chi connectivity index (χ4n) is 1.83. The summed E-state index contributed by atoms with van der Waals surface area (Å²) in [5.74, 6) is -1.25. The van der Waals surface area contributed by atoms with Crippen molar-refractivity contribution < 1.29 is 13.5 Å². The zero-order valence-electron chi connectivity index (χ0n) is 10.2. The molecule has 5 heteroatoms. The summed E-state index contributed by atoms with van der Waals surface area (Å²) in [4.78, 5) is 0. The Hall–Kier alpha value is -1.65. The largest absolute Gasteiger partial charge is 0.497 e. The predicted octanol–water partition coefficient (Wildman–Crippen LogP) is 3.75. The van der Waals surface area contributed by atoms with Gasteiger partial charge in [0, 0.05) is 23.7 Å². The van der Waals surface area contributed by atoms with Crippen molar-refractivity contribution in [1.82, 2.24) is 0 Å². The standard InChI is InChI=1S/C14H12ClF2NO/c1-19-10-5-12(16)14(13(17)6-10)8-2-3-11(15)9(4-8)7-18/h2-6H,7,18H2,1H3. The Morgan fingerprint density at radius 2 is 1.79 bits per heavy atom. The molecule has 0 aliphatic rings. The number of halogens is 3. The Morgan fingerprint density at radius 1 is 1.16 bits per heavy atom. The number of ether oxygens (including phenoxy) is 1. The van der Waals surface area contributed by atoms with Crippen molar-refractivity contribution in [2.75, 3.05) is 7.11 Å². The molecule has 0 aliphatic heterocycles. The van der Waals surface area contributed by atoms with Crippen LogP contribution < -0.4 is 10.5 Å². The number of hydrogen-bond donors (Lipinski definition) is 1. The van der Waals surface area contributed by atoms with Gasteiger partial charge in [-0.25, -0.2) is 8.78 Å². The van der Waals surface area contributed by atoms with Crippen LogP contribution in [0.2, 0.25) is 5.02 Å². The van der Waals surface area contributed by atoms with Crippen molar-refractivity contribution in [3.63, 3.8) is 0 Å². The van der Waals surface area contributed by atoms with E-state index >= 15 is 0 Å². The van der Waals surface area contributed by atoms with Crippen molar-refractivity contribution in [2.45, 2.75) is 6.54 Å². The molecule has 0 aromatic heterocycles. The minimum atomic E-state index is -0.692. The molecule has 0 saturated heterocycles. The molecule has 0 spiro atoms. The Balaban J connectivity index is 2.59. The summed E-state index contributed by atoms with van der Waals surface area (Å²) >= 11 is 5.92. The van der Waals surface area contributed by atoms with Gasteiger partial charge in [0.2, 0.25) is 0 Å². The molecule has 2 rings (SSSR count). The second-order valence-electron chi connectivity index (χ2n) is 3.98. The van der Waals surface area contributed by atoms with Crippen LogP contribution in [-0.2, 0) is 6.54 Å². The maximum atomic E-state index is 13.9. The molecule has 0 unspecified atom stereocenters. The van der Waals surface area contributed by atoms with E-state index in [-0.39, 0.29) is 17.9 Å². The molecule has 0 bridgehead atoms. The summed E-state index contributed by atoms with van der Waals surface area (Å²) in [5, 5.41) is 0.473. The molecule has 100 valence electrons. The Morgan fingerprint density at radius 3 is 2.32 bits per heavy atom. The number of rotatable bonds is 3. The third-order valence-electron chi connectivity index (χ3n) is 2.81. The van der Waals surface area contributed by atoms with Crippen LogP contribution in [0.3, 0.4) is 0 Å². The van der Waals surface area contributed by atoms with Gasteiger partial charge in [0.15, 0.2) is 0 Å². The van der Waals surface area contributed by atoms with Crippen molar-refractivity contribution in [3.05, 3.63) is 52.6 Å². The summed E-state index contributed by atoms with van der Waals surface area (Å²) < 4.78 is 32.7. The van der Waals surface area contributed by atoms with Gasteiger partial charge in [0.05, 0.1) is 12.7 Å². The monoisotopic (exact) mass is 283 g/mol.